The number of halogens is 1. The van der Waals surface area contributed by atoms with E-state index in [0.29, 0.717) is 28.2 Å². The quantitative estimate of drug-likeness (QED) is 0.794. The lowest BCUT2D eigenvalue weighted by Crippen LogP contribution is -2.18. The molecule has 0 radical (unpaired) electrons. The average molecular weight is 337 g/mol. The molecule has 0 atom stereocenters. The monoisotopic (exact) mass is 336 g/mol. The maximum Gasteiger partial charge on any atom is 0.295 e. The van der Waals surface area contributed by atoms with Gasteiger partial charge in [0, 0.05) is 30.5 Å². The molecule has 0 fully saturated rings. The second-order valence-electron chi connectivity index (χ2n) is 4.60. The molecule has 1 N–H and O–H groups in total. The summed E-state index contributed by atoms with van der Waals surface area (Å²) in [6.07, 6.45) is 4.66. The zero-order valence-electron chi connectivity index (χ0n) is 11.7. The highest BCUT2D eigenvalue weighted by Gasteiger charge is 2.21. The number of aryl methyl sites for hydroxylation is 1. The van der Waals surface area contributed by atoms with E-state index < -0.39 is 10.0 Å². The molecule has 2 heterocycles. The lowest BCUT2D eigenvalue weighted by molar-refractivity contribution is 0.574. The van der Waals surface area contributed by atoms with Gasteiger partial charge in [-0.25, -0.2) is 4.98 Å². The van der Waals surface area contributed by atoms with Crippen LogP contribution in [0.4, 0.5) is 5.69 Å². The van der Waals surface area contributed by atoms with Gasteiger partial charge in [-0.15, -0.1) is 0 Å². The standard InChI is InChI=1S/C14H13ClN4O2S/c1-2-19-9-8-17-14(19)22(20,21)18-12-6-5-11(15)10-4-3-7-16-13(10)12/h3-9,18H,2H2,1H3. The fourth-order valence-corrected chi connectivity index (χ4v) is 3.65. The summed E-state index contributed by atoms with van der Waals surface area (Å²) in [4.78, 5) is 8.13. The van der Waals surface area contributed by atoms with Crippen LogP contribution < -0.4 is 4.72 Å². The van der Waals surface area contributed by atoms with Crippen molar-refractivity contribution in [1.82, 2.24) is 14.5 Å². The first-order valence-corrected chi connectivity index (χ1v) is 8.46. The van der Waals surface area contributed by atoms with Gasteiger partial charge in [0.15, 0.2) is 0 Å². The first kappa shape index (κ1) is 14.8. The number of hydrogen-bond donors (Lipinski definition) is 1. The Labute approximate surface area is 132 Å². The Morgan fingerprint density at radius 3 is 2.82 bits per heavy atom. The van der Waals surface area contributed by atoms with E-state index in [1.165, 1.54) is 6.20 Å². The van der Waals surface area contributed by atoms with E-state index in [2.05, 4.69) is 14.7 Å². The highest BCUT2D eigenvalue weighted by Crippen LogP contribution is 2.29. The molecule has 2 aromatic heterocycles. The van der Waals surface area contributed by atoms with Gasteiger partial charge in [-0.3, -0.25) is 9.71 Å². The summed E-state index contributed by atoms with van der Waals surface area (Å²) in [5.41, 5.74) is 0.860. The number of hydrogen-bond acceptors (Lipinski definition) is 4. The Morgan fingerprint density at radius 2 is 2.05 bits per heavy atom. The van der Waals surface area contributed by atoms with E-state index in [1.807, 2.05) is 6.92 Å². The van der Waals surface area contributed by atoms with Crippen molar-refractivity contribution in [1.29, 1.82) is 0 Å². The number of fused-ring (bicyclic) bond motifs is 1. The highest BCUT2D eigenvalue weighted by molar-refractivity contribution is 7.92. The SMILES string of the molecule is CCn1ccnc1S(=O)(=O)Nc1ccc(Cl)c2cccnc12. The van der Waals surface area contributed by atoms with Gasteiger partial charge in [0.2, 0.25) is 5.16 Å². The van der Waals surface area contributed by atoms with Gasteiger partial charge in [-0.05, 0) is 31.2 Å². The molecule has 0 spiro atoms. The molecule has 8 heteroatoms. The predicted octanol–water partition coefficient (Wildman–Crippen LogP) is 2.91. The van der Waals surface area contributed by atoms with Gasteiger partial charge >= 0.3 is 0 Å². The van der Waals surface area contributed by atoms with Gasteiger partial charge < -0.3 is 4.57 Å². The third kappa shape index (κ3) is 2.53. The summed E-state index contributed by atoms with van der Waals surface area (Å²) in [6, 6.07) is 6.76. The van der Waals surface area contributed by atoms with Gasteiger partial charge in [0.25, 0.3) is 10.0 Å². The molecule has 0 bridgehead atoms. The number of aromatic nitrogens is 3. The minimum absolute atomic E-state index is 0.0333. The molecule has 0 aliphatic rings. The molecule has 0 unspecified atom stereocenters. The van der Waals surface area contributed by atoms with Crippen LogP contribution in [0.3, 0.4) is 0 Å². The van der Waals surface area contributed by atoms with Crippen LogP contribution >= 0.6 is 11.6 Å². The van der Waals surface area contributed by atoms with Crippen LogP contribution in [0.5, 0.6) is 0 Å². The Bertz CT molecular complexity index is 937. The molecule has 0 aliphatic carbocycles. The van der Waals surface area contributed by atoms with Crippen molar-refractivity contribution in [3.8, 4) is 0 Å². The largest absolute Gasteiger partial charge is 0.321 e. The number of nitrogens with zero attached hydrogens (tertiary/aromatic N) is 3. The van der Waals surface area contributed by atoms with Crippen LogP contribution in [-0.2, 0) is 16.6 Å². The Kier molecular flexibility index (Phi) is 3.76. The van der Waals surface area contributed by atoms with Crippen LogP contribution in [0.2, 0.25) is 5.02 Å². The number of pyridine rings is 1. The summed E-state index contributed by atoms with van der Waals surface area (Å²) >= 11 is 6.11. The van der Waals surface area contributed by atoms with E-state index in [0.717, 1.165) is 0 Å². The molecule has 0 saturated heterocycles. The normalized spacial score (nSPS) is 11.7. The smallest absolute Gasteiger partial charge is 0.295 e. The summed E-state index contributed by atoms with van der Waals surface area (Å²) in [5, 5.41) is 1.17. The fourth-order valence-electron chi connectivity index (χ4n) is 2.19. The first-order valence-electron chi connectivity index (χ1n) is 6.60. The summed E-state index contributed by atoms with van der Waals surface area (Å²) in [5.74, 6) is 0. The van der Waals surface area contributed by atoms with E-state index >= 15 is 0 Å². The molecule has 6 nitrogen and oxygen atoms in total. The zero-order chi connectivity index (χ0) is 15.7. The predicted molar refractivity (Wildman–Crippen MR) is 85.5 cm³/mol. The van der Waals surface area contributed by atoms with Crippen molar-refractivity contribution < 1.29 is 8.42 Å². The molecule has 22 heavy (non-hydrogen) atoms. The number of anilines is 1. The lowest BCUT2D eigenvalue weighted by Gasteiger charge is -2.11. The van der Waals surface area contributed by atoms with Crippen molar-refractivity contribution in [2.24, 2.45) is 0 Å². The topological polar surface area (TPSA) is 76.9 Å². The van der Waals surface area contributed by atoms with Gasteiger partial charge in [-0.2, -0.15) is 8.42 Å². The summed E-state index contributed by atoms with van der Waals surface area (Å²) in [6.45, 7) is 2.36. The molecule has 114 valence electrons. The lowest BCUT2D eigenvalue weighted by atomic mass is 10.2. The number of imidazole rings is 1. The third-order valence-corrected chi connectivity index (χ3v) is 4.86. The molecular formula is C14H13ClN4O2S. The number of benzene rings is 1. The molecular weight excluding hydrogens is 324 g/mol. The average Bonchev–Trinajstić information content (AvgIpc) is 3.00. The Hall–Kier alpha value is -2.12. The zero-order valence-corrected chi connectivity index (χ0v) is 13.3. The van der Waals surface area contributed by atoms with Gasteiger partial charge in [0.05, 0.1) is 16.2 Å². The maximum atomic E-state index is 12.5. The molecule has 0 aliphatic heterocycles. The van der Waals surface area contributed by atoms with E-state index in [-0.39, 0.29) is 5.16 Å². The van der Waals surface area contributed by atoms with Gasteiger partial charge in [-0.1, -0.05) is 11.6 Å². The van der Waals surface area contributed by atoms with E-state index in [4.69, 9.17) is 11.6 Å². The second kappa shape index (κ2) is 5.58. The highest BCUT2D eigenvalue weighted by atomic mass is 35.5. The summed E-state index contributed by atoms with van der Waals surface area (Å²) in [7, 11) is -3.80. The van der Waals surface area contributed by atoms with Crippen LogP contribution in [0.1, 0.15) is 6.92 Å². The Balaban J connectivity index is 2.09. The minimum Gasteiger partial charge on any atom is -0.321 e. The molecule has 0 saturated carbocycles. The number of sulfonamides is 1. The minimum atomic E-state index is -3.80. The van der Waals surface area contributed by atoms with Crippen LogP contribution in [-0.4, -0.2) is 23.0 Å². The van der Waals surface area contributed by atoms with Crippen LogP contribution in [0.25, 0.3) is 10.9 Å². The summed E-state index contributed by atoms with van der Waals surface area (Å²) < 4.78 is 29.1. The van der Waals surface area contributed by atoms with Crippen LogP contribution in [0.15, 0.2) is 48.0 Å². The van der Waals surface area contributed by atoms with Crippen molar-refractivity contribution in [3.63, 3.8) is 0 Å². The van der Waals surface area contributed by atoms with Crippen molar-refractivity contribution >= 4 is 38.2 Å². The molecule has 0 amide bonds. The number of nitrogens with one attached hydrogen (secondary N) is 1. The Morgan fingerprint density at radius 1 is 1.23 bits per heavy atom. The third-order valence-electron chi connectivity index (χ3n) is 3.22. The maximum absolute atomic E-state index is 12.5. The second-order valence-corrected chi connectivity index (χ2v) is 6.58. The molecule has 3 rings (SSSR count). The molecule has 3 aromatic rings. The van der Waals surface area contributed by atoms with Crippen molar-refractivity contribution in [2.45, 2.75) is 18.6 Å². The van der Waals surface area contributed by atoms with E-state index in [9.17, 15) is 8.42 Å². The van der Waals surface area contributed by atoms with Crippen molar-refractivity contribution in [2.75, 3.05) is 4.72 Å². The van der Waals surface area contributed by atoms with E-state index in [1.54, 1.807) is 41.2 Å². The van der Waals surface area contributed by atoms with Crippen LogP contribution in [0, 0.1) is 0 Å². The van der Waals surface area contributed by atoms with Crippen molar-refractivity contribution in [3.05, 3.63) is 47.9 Å². The first-order chi connectivity index (χ1) is 10.5. The van der Waals surface area contributed by atoms with Gasteiger partial charge in [0.1, 0.15) is 0 Å². The molecule has 1 aromatic carbocycles. The number of rotatable bonds is 4. The fraction of sp³-hybridized carbons (Fsp3) is 0.143.